The predicted molar refractivity (Wildman–Crippen MR) is 82.0 cm³/mol. The topological polar surface area (TPSA) is 17.1 Å². The Morgan fingerprint density at radius 3 is 1.67 bits per heavy atom. The summed E-state index contributed by atoms with van der Waals surface area (Å²) < 4.78 is 0. The monoisotopic (exact) mass is 248 g/mol. The molecule has 0 aliphatic carbocycles. The molecule has 0 aliphatic heterocycles. The molecule has 18 heavy (non-hydrogen) atoms. The lowest BCUT2D eigenvalue weighted by Gasteiger charge is -2.00. The average molecular weight is 248 g/mol. The number of carbonyl (C=O) groups is 1. The van der Waals surface area contributed by atoms with Crippen molar-refractivity contribution in [2.45, 2.75) is 48.5 Å². The van der Waals surface area contributed by atoms with E-state index in [1.165, 1.54) is 22.8 Å². The zero-order valence-electron chi connectivity index (χ0n) is 13.0. The standard InChI is InChI=1S/C9H12.C6H10O.C2H6/c1-7-5-4-6-8(2)9(7)3;1-4-6(7)5(2)3;1-2/h4-6H,1-3H3;4-5H,1H2,2-3H3;1-2H3. The number of benzene rings is 1. The van der Waals surface area contributed by atoms with Gasteiger partial charge in [-0.1, -0.05) is 52.5 Å². The van der Waals surface area contributed by atoms with Gasteiger partial charge in [-0.2, -0.15) is 0 Å². The molecule has 0 aliphatic rings. The van der Waals surface area contributed by atoms with Crippen molar-refractivity contribution in [1.82, 2.24) is 0 Å². The molecule has 1 rings (SSSR count). The Labute approximate surface area is 113 Å². The lowest BCUT2D eigenvalue weighted by Crippen LogP contribution is -2.00. The van der Waals surface area contributed by atoms with Crippen molar-refractivity contribution in [1.29, 1.82) is 0 Å². The number of ketones is 1. The largest absolute Gasteiger partial charge is 0.295 e. The second kappa shape index (κ2) is 10.8. The highest BCUT2D eigenvalue weighted by atomic mass is 16.1. The third-order valence-corrected chi connectivity index (χ3v) is 2.65. The summed E-state index contributed by atoms with van der Waals surface area (Å²) in [6.45, 7) is 17.5. The highest BCUT2D eigenvalue weighted by Gasteiger charge is 1.98. The first-order valence-corrected chi connectivity index (χ1v) is 6.59. The fourth-order valence-corrected chi connectivity index (χ4v) is 1.13. The molecular formula is C17H28O. The minimum Gasteiger partial charge on any atom is -0.295 e. The van der Waals surface area contributed by atoms with Crippen LogP contribution < -0.4 is 0 Å². The Balaban J connectivity index is 0. The van der Waals surface area contributed by atoms with Gasteiger partial charge in [-0.25, -0.2) is 0 Å². The smallest absolute Gasteiger partial charge is 0.157 e. The third kappa shape index (κ3) is 7.83. The van der Waals surface area contributed by atoms with Gasteiger partial charge in [0.05, 0.1) is 0 Å². The summed E-state index contributed by atoms with van der Waals surface area (Å²) in [5, 5.41) is 0. The molecule has 0 spiro atoms. The number of hydrogen-bond donors (Lipinski definition) is 0. The van der Waals surface area contributed by atoms with E-state index in [0.717, 1.165) is 0 Å². The van der Waals surface area contributed by atoms with Gasteiger partial charge in [-0.3, -0.25) is 4.79 Å². The zero-order valence-corrected chi connectivity index (χ0v) is 13.0. The molecule has 1 aromatic carbocycles. The number of aryl methyl sites for hydroxylation is 2. The number of hydrogen-bond acceptors (Lipinski definition) is 1. The summed E-state index contributed by atoms with van der Waals surface area (Å²) in [6.07, 6.45) is 1.35. The maximum absolute atomic E-state index is 10.4. The van der Waals surface area contributed by atoms with Crippen LogP contribution in [0.1, 0.15) is 44.4 Å². The molecule has 0 saturated carbocycles. The second-order valence-electron chi connectivity index (χ2n) is 4.28. The van der Waals surface area contributed by atoms with E-state index in [0.29, 0.717) is 0 Å². The van der Waals surface area contributed by atoms with Crippen molar-refractivity contribution in [3.05, 3.63) is 47.5 Å². The lowest BCUT2D eigenvalue weighted by atomic mass is 10.1. The van der Waals surface area contributed by atoms with E-state index in [4.69, 9.17) is 0 Å². The fourth-order valence-electron chi connectivity index (χ4n) is 1.13. The SMILES string of the molecule is C=CC(=O)C(C)C.CC.Cc1cccc(C)c1C. The van der Waals surface area contributed by atoms with Crippen LogP contribution in [0, 0.1) is 26.7 Å². The van der Waals surface area contributed by atoms with Gasteiger partial charge in [0, 0.05) is 5.92 Å². The van der Waals surface area contributed by atoms with E-state index in [9.17, 15) is 4.79 Å². The Kier molecular flexibility index (Phi) is 11.3. The minimum absolute atomic E-state index is 0.109. The van der Waals surface area contributed by atoms with E-state index in [2.05, 4.69) is 45.5 Å². The maximum atomic E-state index is 10.4. The highest BCUT2D eigenvalue weighted by Crippen LogP contribution is 2.09. The molecule has 0 bridgehead atoms. The van der Waals surface area contributed by atoms with Gasteiger partial charge in [0.15, 0.2) is 5.78 Å². The molecular weight excluding hydrogens is 220 g/mol. The average Bonchev–Trinajstić information content (AvgIpc) is 2.38. The summed E-state index contributed by atoms with van der Waals surface area (Å²) >= 11 is 0. The van der Waals surface area contributed by atoms with Gasteiger partial charge in [-0.05, 0) is 43.5 Å². The van der Waals surface area contributed by atoms with Gasteiger partial charge in [0.1, 0.15) is 0 Å². The zero-order chi connectivity index (χ0) is 14.7. The molecule has 1 nitrogen and oxygen atoms in total. The summed E-state index contributed by atoms with van der Waals surface area (Å²) in [5.74, 6) is 0.220. The van der Waals surface area contributed by atoms with Crippen LogP contribution in [-0.4, -0.2) is 5.78 Å². The molecule has 0 atom stereocenters. The predicted octanol–water partition coefficient (Wildman–Crippen LogP) is 5.04. The van der Waals surface area contributed by atoms with Crippen LogP contribution in [0.4, 0.5) is 0 Å². The first-order valence-electron chi connectivity index (χ1n) is 6.59. The summed E-state index contributed by atoms with van der Waals surface area (Å²) in [5.41, 5.74) is 4.18. The van der Waals surface area contributed by atoms with Crippen molar-refractivity contribution < 1.29 is 4.79 Å². The van der Waals surface area contributed by atoms with Crippen LogP contribution in [0.3, 0.4) is 0 Å². The molecule has 0 N–H and O–H groups in total. The third-order valence-electron chi connectivity index (χ3n) is 2.65. The van der Waals surface area contributed by atoms with Crippen LogP contribution in [-0.2, 0) is 4.79 Å². The van der Waals surface area contributed by atoms with Crippen molar-refractivity contribution in [2.75, 3.05) is 0 Å². The van der Waals surface area contributed by atoms with E-state index >= 15 is 0 Å². The molecule has 0 heterocycles. The number of allylic oxidation sites excluding steroid dienone is 1. The number of carbonyl (C=O) groups excluding carboxylic acids is 1. The highest BCUT2D eigenvalue weighted by molar-refractivity contribution is 5.90. The molecule has 0 fully saturated rings. The summed E-state index contributed by atoms with van der Waals surface area (Å²) in [6, 6.07) is 6.38. The molecule has 0 saturated heterocycles. The van der Waals surface area contributed by atoms with Gasteiger partial charge in [-0.15, -0.1) is 0 Å². The Morgan fingerprint density at radius 2 is 1.50 bits per heavy atom. The molecule has 1 aromatic rings. The minimum atomic E-state index is 0.109. The number of rotatable bonds is 2. The summed E-state index contributed by atoms with van der Waals surface area (Å²) in [4.78, 5) is 10.4. The van der Waals surface area contributed by atoms with E-state index in [-0.39, 0.29) is 11.7 Å². The van der Waals surface area contributed by atoms with Crippen LogP contribution in [0.2, 0.25) is 0 Å². The summed E-state index contributed by atoms with van der Waals surface area (Å²) in [7, 11) is 0. The van der Waals surface area contributed by atoms with E-state index < -0.39 is 0 Å². The molecule has 0 radical (unpaired) electrons. The molecule has 1 heteroatoms. The van der Waals surface area contributed by atoms with Crippen LogP contribution in [0.15, 0.2) is 30.9 Å². The van der Waals surface area contributed by atoms with Crippen LogP contribution in [0.5, 0.6) is 0 Å². The van der Waals surface area contributed by atoms with Crippen LogP contribution >= 0.6 is 0 Å². The van der Waals surface area contributed by atoms with Crippen molar-refractivity contribution in [2.24, 2.45) is 5.92 Å². The Bertz CT molecular complexity index is 342. The fraction of sp³-hybridized carbons (Fsp3) is 0.471. The maximum Gasteiger partial charge on any atom is 0.157 e. The van der Waals surface area contributed by atoms with Gasteiger partial charge in [0.25, 0.3) is 0 Å². The lowest BCUT2D eigenvalue weighted by molar-refractivity contribution is -0.117. The van der Waals surface area contributed by atoms with Gasteiger partial charge < -0.3 is 0 Å². The van der Waals surface area contributed by atoms with E-state index in [1.807, 2.05) is 27.7 Å². The first kappa shape index (κ1) is 19.0. The molecule has 0 aromatic heterocycles. The first-order chi connectivity index (χ1) is 8.40. The van der Waals surface area contributed by atoms with Crippen LogP contribution in [0.25, 0.3) is 0 Å². The van der Waals surface area contributed by atoms with Gasteiger partial charge >= 0.3 is 0 Å². The van der Waals surface area contributed by atoms with Crippen molar-refractivity contribution >= 4 is 5.78 Å². The Morgan fingerprint density at radius 1 is 1.11 bits per heavy atom. The second-order valence-corrected chi connectivity index (χ2v) is 4.28. The molecule has 0 amide bonds. The molecule has 102 valence electrons. The van der Waals surface area contributed by atoms with Gasteiger partial charge in [0.2, 0.25) is 0 Å². The Hall–Kier alpha value is -1.37. The van der Waals surface area contributed by atoms with E-state index in [1.54, 1.807) is 0 Å². The van der Waals surface area contributed by atoms with Crippen molar-refractivity contribution in [3.8, 4) is 0 Å². The quantitative estimate of drug-likeness (QED) is 0.670. The molecule has 0 unspecified atom stereocenters. The van der Waals surface area contributed by atoms with Crippen molar-refractivity contribution in [3.63, 3.8) is 0 Å². The normalized spacial score (nSPS) is 8.67.